The highest BCUT2D eigenvalue weighted by molar-refractivity contribution is 7.12. The standard InChI is InChI=1S/C19H20FNO4S/c1-11-10-16(13(3)26-11)17(22)8-9-18(23)25-12(2)19(24)21-15-6-4-14(20)5-7-15/h4-7,10,12H,8-9H2,1-3H3,(H,21,24)/t12-/m1/s1. The molecule has 2 aromatic rings. The molecule has 0 saturated heterocycles. The van der Waals surface area contributed by atoms with Gasteiger partial charge in [-0.3, -0.25) is 14.4 Å². The lowest BCUT2D eigenvalue weighted by Crippen LogP contribution is -2.30. The third-order valence-corrected chi connectivity index (χ3v) is 4.65. The molecule has 0 bridgehead atoms. The van der Waals surface area contributed by atoms with Crippen LogP contribution in [0.2, 0.25) is 0 Å². The van der Waals surface area contributed by atoms with E-state index >= 15 is 0 Å². The van der Waals surface area contributed by atoms with E-state index in [0.717, 1.165) is 9.75 Å². The molecule has 0 saturated carbocycles. The minimum absolute atomic E-state index is 0.0299. The smallest absolute Gasteiger partial charge is 0.307 e. The molecule has 1 N–H and O–H groups in total. The van der Waals surface area contributed by atoms with Gasteiger partial charge >= 0.3 is 5.97 Å². The molecular weight excluding hydrogens is 357 g/mol. The van der Waals surface area contributed by atoms with E-state index in [4.69, 9.17) is 4.74 Å². The predicted octanol–water partition coefficient (Wildman–Crippen LogP) is 4.04. The topological polar surface area (TPSA) is 72.5 Å². The summed E-state index contributed by atoms with van der Waals surface area (Å²) in [6, 6.07) is 7.06. The molecule has 5 nitrogen and oxygen atoms in total. The first-order valence-electron chi connectivity index (χ1n) is 8.12. The number of ether oxygens (including phenoxy) is 1. The summed E-state index contributed by atoms with van der Waals surface area (Å²) < 4.78 is 17.9. The molecule has 138 valence electrons. The SMILES string of the molecule is Cc1cc(C(=O)CCC(=O)O[C@H](C)C(=O)Nc2ccc(F)cc2)c(C)s1. The summed E-state index contributed by atoms with van der Waals surface area (Å²) in [7, 11) is 0. The van der Waals surface area contributed by atoms with E-state index in [2.05, 4.69) is 5.32 Å². The van der Waals surface area contributed by atoms with Crippen LogP contribution in [0.25, 0.3) is 0 Å². The number of rotatable bonds is 7. The van der Waals surface area contributed by atoms with E-state index in [1.807, 2.05) is 19.9 Å². The molecule has 0 aliphatic carbocycles. The van der Waals surface area contributed by atoms with Gasteiger partial charge in [0.2, 0.25) is 0 Å². The van der Waals surface area contributed by atoms with Crippen LogP contribution in [-0.4, -0.2) is 23.8 Å². The molecular formula is C19H20FNO4S. The van der Waals surface area contributed by atoms with Crippen LogP contribution >= 0.6 is 11.3 Å². The number of aryl methyl sites for hydroxylation is 2. The molecule has 0 aliphatic rings. The highest BCUT2D eigenvalue weighted by Gasteiger charge is 2.19. The lowest BCUT2D eigenvalue weighted by molar-refractivity contribution is -0.153. The van der Waals surface area contributed by atoms with E-state index in [0.29, 0.717) is 11.3 Å². The second-order valence-electron chi connectivity index (χ2n) is 5.88. The van der Waals surface area contributed by atoms with Gasteiger partial charge in [-0.15, -0.1) is 11.3 Å². The average Bonchev–Trinajstić information content (AvgIpc) is 2.93. The number of benzene rings is 1. The number of anilines is 1. The minimum Gasteiger partial charge on any atom is -0.453 e. The molecule has 0 aliphatic heterocycles. The van der Waals surface area contributed by atoms with Gasteiger partial charge in [0.15, 0.2) is 11.9 Å². The lowest BCUT2D eigenvalue weighted by atomic mass is 10.1. The quantitative estimate of drug-likeness (QED) is 0.584. The number of esters is 1. The van der Waals surface area contributed by atoms with Crippen LogP contribution in [0.3, 0.4) is 0 Å². The molecule has 0 radical (unpaired) electrons. The Bertz CT molecular complexity index is 813. The average molecular weight is 377 g/mol. The Balaban J connectivity index is 1.81. The van der Waals surface area contributed by atoms with Crippen molar-refractivity contribution in [2.24, 2.45) is 0 Å². The monoisotopic (exact) mass is 377 g/mol. The van der Waals surface area contributed by atoms with Gasteiger partial charge in [0, 0.05) is 27.4 Å². The Hall–Kier alpha value is -2.54. The van der Waals surface area contributed by atoms with Crippen LogP contribution in [0.1, 0.15) is 39.9 Å². The van der Waals surface area contributed by atoms with E-state index < -0.39 is 23.8 Å². The molecule has 1 atom stereocenters. The van der Waals surface area contributed by atoms with Gasteiger partial charge in [-0.2, -0.15) is 0 Å². The predicted molar refractivity (Wildman–Crippen MR) is 97.9 cm³/mol. The Morgan fingerprint density at radius 3 is 2.38 bits per heavy atom. The van der Waals surface area contributed by atoms with Crippen LogP contribution in [0.4, 0.5) is 10.1 Å². The lowest BCUT2D eigenvalue weighted by Gasteiger charge is -2.13. The molecule has 1 aromatic carbocycles. The van der Waals surface area contributed by atoms with Crippen molar-refractivity contribution in [2.45, 2.75) is 39.7 Å². The number of thiophene rings is 1. The third-order valence-electron chi connectivity index (χ3n) is 3.69. The molecule has 2 rings (SSSR count). The molecule has 0 spiro atoms. The van der Waals surface area contributed by atoms with Crippen molar-refractivity contribution < 1.29 is 23.5 Å². The van der Waals surface area contributed by atoms with E-state index in [1.165, 1.54) is 42.5 Å². The van der Waals surface area contributed by atoms with Crippen LogP contribution in [0, 0.1) is 19.7 Å². The number of hydrogen-bond donors (Lipinski definition) is 1. The summed E-state index contributed by atoms with van der Waals surface area (Å²) in [6.45, 7) is 5.22. The summed E-state index contributed by atoms with van der Waals surface area (Å²) in [5.74, 6) is -1.68. The number of amides is 1. The van der Waals surface area contributed by atoms with Crippen molar-refractivity contribution in [3.63, 3.8) is 0 Å². The number of halogens is 1. The van der Waals surface area contributed by atoms with Crippen molar-refractivity contribution >= 4 is 34.7 Å². The zero-order valence-electron chi connectivity index (χ0n) is 14.8. The fourth-order valence-electron chi connectivity index (χ4n) is 2.34. The summed E-state index contributed by atoms with van der Waals surface area (Å²) in [5, 5.41) is 2.53. The van der Waals surface area contributed by atoms with Crippen molar-refractivity contribution in [3.8, 4) is 0 Å². The first-order valence-corrected chi connectivity index (χ1v) is 8.94. The van der Waals surface area contributed by atoms with Crippen LogP contribution in [0.15, 0.2) is 30.3 Å². The number of ketones is 1. The van der Waals surface area contributed by atoms with Crippen LogP contribution < -0.4 is 5.32 Å². The first-order chi connectivity index (χ1) is 12.3. The van der Waals surface area contributed by atoms with Gasteiger partial charge in [-0.05, 0) is 51.1 Å². The zero-order valence-corrected chi connectivity index (χ0v) is 15.6. The second kappa shape index (κ2) is 8.71. The summed E-state index contributed by atoms with van der Waals surface area (Å²) in [5.41, 5.74) is 1.03. The number of carbonyl (C=O) groups excluding carboxylic acids is 3. The molecule has 1 amide bonds. The summed E-state index contributed by atoms with van der Waals surface area (Å²) in [6.07, 6.45) is -1.09. The third kappa shape index (κ3) is 5.49. The Kier molecular flexibility index (Phi) is 6.63. The maximum Gasteiger partial charge on any atom is 0.307 e. The van der Waals surface area contributed by atoms with Gasteiger partial charge in [-0.1, -0.05) is 0 Å². The molecule has 0 unspecified atom stereocenters. The van der Waals surface area contributed by atoms with Gasteiger partial charge in [0.25, 0.3) is 5.91 Å². The Morgan fingerprint density at radius 2 is 1.81 bits per heavy atom. The maximum atomic E-state index is 12.8. The minimum atomic E-state index is -1.02. The maximum absolute atomic E-state index is 12.8. The highest BCUT2D eigenvalue weighted by Crippen LogP contribution is 2.22. The van der Waals surface area contributed by atoms with Crippen molar-refractivity contribution in [1.82, 2.24) is 0 Å². The normalized spacial score (nSPS) is 11.7. The Labute approximate surface area is 155 Å². The number of carbonyl (C=O) groups is 3. The van der Waals surface area contributed by atoms with Crippen molar-refractivity contribution in [3.05, 3.63) is 51.5 Å². The van der Waals surface area contributed by atoms with E-state index in [9.17, 15) is 18.8 Å². The van der Waals surface area contributed by atoms with Crippen molar-refractivity contribution in [2.75, 3.05) is 5.32 Å². The molecule has 7 heteroatoms. The van der Waals surface area contributed by atoms with Gasteiger partial charge in [-0.25, -0.2) is 4.39 Å². The summed E-state index contributed by atoms with van der Waals surface area (Å²) in [4.78, 5) is 38.0. The fourth-order valence-corrected chi connectivity index (χ4v) is 3.29. The summed E-state index contributed by atoms with van der Waals surface area (Å²) >= 11 is 1.53. The van der Waals surface area contributed by atoms with E-state index in [1.54, 1.807) is 0 Å². The fraction of sp³-hybridized carbons (Fsp3) is 0.316. The van der Waals surface area contributed by atoms with Gasteiger partial charge < -0.3 is 10.1 Å². The zero-order chi connectivity index (χ0) is 19.3. The molecule has 26 heavy (non-hydrogen) atoms. The molecule has 0 fully saturated rings. The van der Waals surface area contributed by atoms with E-state index in [-0.39, 0.29) is 18.6 Å². The van der Waals surface area contributed by atoms with Gasteiger partial charge in [0.05, 0.1) is 6.42 Å². The van der Waals surface area contributed by atoms with Gasteiger partial charge in [0.1, 0.15) is 5.82 Å². The van der Waals surface area contributed by atoms with Crippen LogP contribution in [0.5, 0.6) is 0 Å². The van der Waals surface area contributed by atoms with Crippen molar-refractivity contribution in [1.29, 1.82) is 0 Å². The second-order valence-corrected chi connectivity index (χ2v) is 7.34. The highest BCUT2D eigenvalue weighted by atomic mass is 32.1. The molecule has 1 heterocycles. The largest absolute Gasteiger partial charge is 0.453 e. The first kappa shape index (κ1) is 19.8. The van der Waals surface area contributed by atoms with Crippen LogP contribution in [-0.2, 0) is 14.3 Å². The number of Topliss-reactive ketones (excluding diaryl/α,β-unsaturated/α-hetero) is 1. The number of hydrogen-bond acceptors (Lipinski definition) is 5. The Morgan fingerprint density at radius 1 is 1.15 bits per heavy atom. The molecule has 1 aromatic heterocycles. The number of nitrogens with one attached hydrogen (secondary N) is 1.